The third-order valence-electron chi connectivity index (χ3n) is 4.76. The summed E-state index contributed by atoms with van der Waals surface area (Å²) in [6.45, 7) is 9.26. The van der Waals surface area contributed by atoms with Crippen LogP contribution in [0.2, 0.25) is 0 Å². The molecule has 0 saturated heterocycles. The molecular weight excluding hydrogens is 490 g/mol. The van der Waals surface area contributed by atoms with Crippen LogP contribution in [0.1, 0.15) is 38.8 Å². The topological polar surface area (TPSA) is 92.4 Å². The van der Waals surface area contributed by atoms with E-state index in [1.54, 1.807) is 18.2 Å². The van der Waals surface area contributed by atoms with Gasteiger partial charge in [0.1, 0.15) is 5.75 Å². The molecule has 7 nitrogen and oxygen atoms in total. The van der Waals surface area contributed by atoms with E-state index in [4.69, 9.17) is 0 Å². The lowest BCUT2D eigenvalue weighted by atomic mass is 9.87. The minimum Gasteiger partial charge on any atom is -0.507 e. The van der Waals surface area contributed by atoms with Gasteiger partial charge in [0.25, 0.3) is 5.91 Å². The van der Waals surface area contributed by atoms with E-state index in [1.807, 2.05) is 11.5 Å². The number of nitrogens with one attached hydrogen (secondary N) is 1. The van der Waals surface area contributed by atoms with Crippen LogP contribution in [0.4, 0.5) is 0 Å². The summed E-state index contributed by atoms with van der Waals surface area (Å²) in [7, 11) is 0. The molecule has 1 amide bonds. The molecule has 0 aliphatic heterocycles. The van der Waals surface area contributed by atoms with Crippen LogP contribution in [0.3, 0.4) is 0 Å². The molecule has 0 atom stereocenters. The highest BCUT2D eigenvalue weighted by molar-refractivity contribution is 9.10. The summed E-state index contributed by atoms with van der Waals surface area (Å²) < 4.78 is 2.80. The summed E-state index contributed by atoms with van der Waals surface area (Å²) in [6.07, 6.45) is 1.40. The summed E-state index contributed by atoms with van der Waals surface area (Å²) in [6, 6.07) is 13.3. The van der Waals surface area contributed by atoms with Crippen molar-refractivity contribution >= 4 is 39.8 Å². The van der Waals surface area contributed by atoms with Gasteiger partial charge in [0.2, 0.25) is 0 Å². The second-order valence-electron chi connectivity index (χ2n) is 8.16. The number of hydrogen-bond acceptors (Lipinski definition) is 6. The average Bonchev–Trinajstić information content (AvgIpc) is 3.17. The summed E-state index contributed by atoms with van der Waals surface area (Å²) in [5.74, 6) is 0.726. The molecule has 9 heteroatoms. The van der Waals surface area contributed by atoms with Crippen LogP contribution in [0.25, 0.3) is 11.4 Å². The number of halogens is 1. The average molecular weight is 516 g/mol. The molecule has 3 aromatic rings. The van der Waals surface area contributed by atoms with Gasteiger partial charge >= 0.3 is 0 Å². The number of amides is 1. The number of phenolic OH excluding ortho intramolecular Hbond substituents is 1. The molecule has 2 aromatic carbocycles. The van der Waals surface area contributed by atoms with Gasteiger partial charge in [-0.15, -0.1) is 10.2 Å². The minimum atomic E-state index is -0.275. The number of benzene rings is 2. The molecule has 0 aliphatic rings. The number of nitrogens with zero attached hydrogens (tertiary/aromatic N) is 4. The largest absolute Gasteiger partial charge is 0.507 e. The van der Waals surface area contributed by atoms with Gasteiger partial charge in [-0.05, 0) is 36.1 Å². The summed E-state index contributed by atoms with van der Waals surface area (Å²) in [5.41, 5.74) is 5.30. The highest BCUT2D eigenvalue weighted by atomic mass is 79.9. The van der Waals surface area contributed by atoms with Crippen LogP contribution < -0.4 is 5.43 Å². The van der Waals surface area contributed by atoms with Crippen LogP contribution in [0.15, 0.2) is 57.2 Å². The van der Waals surface area contributed by atoms with Gasteiger partial charge in [0.15, 0.2) is 11.0 Å². The first kappa shape index (κ1) is 24.0. The molecule has 168 valence electrons. The first-order valence-corrected chi connectivity index (χ1v) is 11.9. The van der Waals surface area contributed by atoms with E-state index in [-0.39, 0.29) is 22.8 Å². The van der Waals surface area contributed by atoms with Crippen molar-refractivity contribution in [3.63, 3.8) is 0 Å². The molecule has 3 rings (SSSR count). The van der Waals surface area contributed by atoms with Gasteiger partial charge in [-0.1, -0.05) is 72.7 Å². The molecule has 0 aliphatic carbocycles. The van der Waals surface area contributed by atoms with Gasteiger partial charge in [-0.2, -0.15) is 5.10 Å². The Morgan fingerprint density at radius 1 is 1.22 bits per heavy atom. The molecule has 2 N–H and O–H groups in total. The third kappa shape index (κ3) is 5.98. The van der Waals surface area contributed by atoms with Gasteiger partial charge in [-0.3, -0.25) is 4.79 Å². The van der Waals surface area contributed by atoms with Crippen molar-refractivity contribution in [2.45, 2.75) is 44.8 Å². The van der Waals surface area contributed by atoms with E-state index in [2.05, 4.69) is 81.7 Å². The molecule has 0 unspecified atom stereocenters. The third-order valence-corrected chi connectivity index (χ3v) is 6.22. The highest BCUT2D eigenvalue weighted by Crippen LogP contribution is 2.27. The second kappa shape index (κ2) is 10.3. The Hall–Kier alpha value is -2.65. The second-order valence-corrected chi connectivity index (χ2v) is 10.0. The van der Waals surface area contributed by atoms with E-state index in [1.165, 1.54) is 23.5 Å². The zero-order chi connectivity index (χ0) is 23.3. The van der Waals surface area contributed by atoms with Gasteiger partial charge in [0, 0.05) is 22.1 Å². The molecule has 0 radical (unpaired) electrons. The summed E-state index contributed by atoms with van der Waals surface area (Å²) >= 11 is 4.63. The standard InChI is InChI=1S/C23H26BrN5O2S/c1-5-29-21(15-6-8-17(9-7-15)23(2,3)4)27-28-22(29)32-14-20(31)26-25-13-16-12-18(24)10-11-19(16)30/h6-13,30H,5,14H2,1-4H3,(H,26,31)/b25-13-. The number of carbonyl (C=O) groups is 1. The molecule has 0 fully saturated rings. The van der Waals surface area contributed by atoms with E-state index in [0.717, 1.165) is 15.9 Å². The Balaban J connectivity index is 1.63. The normalized spacial score (nSPS) is 11.8. The quantitative estimate of drug-likeness (QED) is 0.263. The van der Waals surface area contributed by atoms with Crippen molar-refractivity contribution in [3.05, 3.63) is 58.1 Å². The van der Waals surface area contributed by atoms with Crippen LogP contribution in [-0.4, -0.2) is 37.7 Å². The number of aromatic nitrogens is 3. The van der Waals surface area contributed by atoms with Crippen molar-refractivity contribution in [1.82, 2.24) is 20.2 Å². The lowest BCUT2D eigenvalue weighted by Crippen LogP contribution is -2.20. The highest BCUT2D eigenvalue weighted by Gasteiger charge is 2.17. The minimum absolute atomic E-state index is 0.0830. The summed E-state index contributed by atoms with van der Waals surface area (Å²) in [4.78, 5) is 12.2. The molecule has 0 spiro atoms. The Morgan fingerprint density at radius 2 is 1.94 bits per heavy atom. The van der Waals surface area contributed by atoms with Crippen LogP contribution in [0.5, 0.6) is 5.75 Å². The molecule has 1 heterocycles. The lowest BCUT2D eigenvalue weighted by molar-refractivity contribution is -0.118. The first-order valence-electron chi connectivity index (χ1n) is 10.2. The molecule has 0 bridgehead atoms. The zero-order valence-electron chi connectivity index (χ0n) is 18.5. The summed E-state index contributed by atoms with van der Waals surface area (Å²) in [5, 5.41) is 23.0. The lowest BCUT2D eigenvalue weighted by Gasteiger charge is -2.19. The number of rotatable bonds is 7. The van der Waals surface area contributed by atoms with Crippen LogP contribution in [0, 0.1) is 0 Å². The van der Waals surface area contributed by atoms with E-state index >= 15 is 0 Å². The van der Waals surface area contributed by atoms with Crippen molar-refractivity contribution < 1.29 is 9.90 Å². The maximum atomic E-state index is 12.2. The number of thioether (sulfide) groups is 1. The fourth-order valence-electron chi connectivity index (χ4n) is 2.98. The van der Waals surface area contributed by atoms with Gasteiger partial charge in [0.05, 0.1) is 12.0 Å². The number of carbonyl (C=O) groups excluding carboxylic acids is 1. The van der Waals surface area contributed by atoms with Crippen LogP contribution >= 0.6 is 27.7 Å². The Labute approximate surface area is 200 Å². The van der Waals surface area contributed by atoms with Gasteiger partial charge in [-0.25, -0.2) is 5.43 Å². The van der Waals surface area contributed by atoms with Crippen molar-refractivity contribution in [1.29, 1.82) is 0 Å². The number of hydrogen-bond donors (Lipinski definition) is 2. The maximum absolute atomic E-state index is 12.2. The van der Waals surface area contributed by atoms with E-state index < -0.39 is 0 Å². The zero-order valence-corrected chi connectivity index (χ0v) is 20.9. The van der Waals surface area contributed by atoms with E-state index in [0.29, 0.717) is 17.3 Å². The van der Waals surface area contributed by atoms with Gasteiger partial charge < -0.3 is 9.67 Å². The molecule has 1 aromatic heterocycles. The smallest absolute Gasteiger partial charge is 0.250 e. The van der Waals surface area contributed by atoms with Crippen molar-refractivity contribution in [2.24, 2.45) is 5.10 Å². The predicted octanol–water partition coefficient (Wildman–Crippen LogP) is 4.97. The maximum Gasteiger partial charge on any atom is 0.250 e. The first-order chi connectivity index (χ1) is 15.2. The molecule has 32 heavy (non-hydrogen) atoms. The Kier molecular flexibility index (Phi) is 7.73. The van der Waals surface area contributed by atoms with Crippen LogP contribution in [-0.2, 0) is 16.8 Å². The Bertz CT molecular complexity index is 1120. The fraction of sp³-hybridized carbons (Fsp3) is 0.304. The SMILES string of the molecule is CCn1c(SCC(=O)N/N=C\c2cc(Br)ccc2O)nnc1-c1ccc(C(C)(C)C)cc1. The number of hydrazone groups is 1. The molecule has 0 saturated carbocycles. The van der Waals surface area contributed by atoms with Crippen molar-refractivity contribution in [2.75, 3.05) is 5.75 Å². The van der Waals surface area contributed by atoms with Crippen molar-refractivity contribution in [3.8, 4) is 17.1 Å². The Morgan fingerprint density at radius 3 is 2.59 bits per heavy atom. The molecular formula is C23H26BrN5O2S. The monoisotopic (exact) mass is 515 g/mol. The number of phenols is 1. The van der Waals surface area contributed by atoms with E-state index in [9.17, 15) is 9.90 Å². The fourth-order valence-corrected chi connectivity index (χ4v) is 4.15. The number of aromatic hydroxyl groups is 1. The predicted molar refractivity (Wildman–Crippen MR) is 132 cm³/mol.